The molecule has 0 aliphatic carbocycles. The van der Waals surface area contributed by atoms with Crippen LogP contribution in [0.3, 0.4) is 0 Å². The average molecular weight is 438 g/mol. The highest BCUT2D eigenvalue weighted by Gasteiger charge is 2.27. The molecule has 1 saturated heterocycles. The molecular weight excluding hydrogens is 414 g/mol. The number of carbonyl (C=O) groups is 1. The van der Waals surface area contributed by atoms with Crippen molar-refractivity contribution in [3.05, 3.63) is 96.1 Å². The third kappa shape index (κ3) is 5.31. The predicted molar refractivity (Wildman–Crippen MR) is 116 cm³/mol. The summed E-state index contributed by atoms with van der Waals surface area (Å²) >= 11 is 0. The molecule has 0 N–H and O–H groups in total. The van der Waals surface area contributed by atoms with Gasteiger partial charge in [-0.1, -0.05) is 60.7 Å². The number of amides is 1. The maximum Gasteiger partial charge on any atom is 0.339 e. The van der Waals surface area contributed by atoms with E-state index in [0.717, 1.165) is 12.0 Å². The van der Waals surface area contributed by atoms with Gasteiger partial charge in [-0.15, -0.1) is 0 Å². The van der Waals surface area contributed by atoms with Crippen LogP contribution in [0.4, 0.5) is 0 Å². The van der Waals surface area contributed by atoms with Gasteiger partial charge in [0.05, 0.1) is 6.54 Å². The minimum absolute atomic E-state index is 0.0268. The predicted octanol–water partition coefficient (Wildman–Crippen LogP) is 3.60. The van der Waals surface area contributed by atoms with Crippen LogP contribution >= 0.6 is 0 Å². The second-order valence-corrected chi connectivity index (χ2v) is 8.84. The summed E-state index contributed by atoms with van der Waals surface area (Å²) in [6, 6.07) is 24.8. The van der Waals surface area contributed by atoms with Crippen molar-refractivity contribution in [3.63, 3.8) is 0 Å². The van der Waals surface area contributed by atoms with E-state index in [1.165, 1.54) is 17.7 Å². The van der Waals surface area contributed by atoms with Crippen LogP contribution in [-0.4, -0.2) is 38.9 Å². The highest BCUT2D eigenvalue weighted by atomic mass is 32.2. The zero-order chi connectivity index (χ0) is 21.7. The highest BCUT2D eigenvalue weighted by Crippen LogP contribution is 2.26. The van der Waals surface area contributed by atoms with Crippen LogP contribution in [-0.2, 0) is 26.1 Å². The minimum atomic E-state index is -3.88. The molecular formula is C24H23NO5S. The van der Waals surface area contributed by atoms with E-state index in [1.54, 1.807) is 42.5 Å². The Balaban J connectivity index is 1.39. The van der Waals surface area contributed by atoms with Gasteiger partial charge in [-0.2, -0.15) is 8.42 Å². The number of morpholine rings is 1. The lowest BCUT2D eigenvalue weighted by atomic mass is 10.1. The first-order valence-corrected chi connectivity index (χ1v) is 11.4. The van der Waals surface area contributed by atoms with Gasteiger partial charge in [-0.3, -0.25) is 4.79 Å². The molecule has 1 amide bonds. The number of rotatable bonds is 7. The van der Waals surface area contributed by atoms with E-state index in [-0.39, 0.29) is 29.3 Å². The molecule has 0 saturated carbocycles. The molecule has 0 radical (unpaired) electrons. The fourth-order valence-corrected chi connectivity index (χ4v) is 4.40. The summed E-state index contributed by atoms with van der Waals surface area (Å²) in [7, 11) is -3.88. The number of hydrogen-bond donors (Lipinski definition) is 0. The molecule has 1 atom stereocenters. The summed E-state index contributed by atoms with van der Waals surface area (Å²) in [5.41, 5.74) is 2.04. The molecule has 1 unspecified atom stereocenters. The van der Waals surface area contributed by atoms with Gasteiger partial charge in [-0.05, 0) is 41.8 Å². The molecule has 3 aromatic carbocycles. The Bertz CT molecular complexity index is 1120. The van der Waals surface area contributed by atoms with Crippen LogP contribution in [0.15, 0.2) is 89.8 Å². The summed E-state index contributed by atoms with van der Waals surface area (Å²) in [5.74, 6) is 0.196. The minimum Gasteiger partial charge on any atom is -0.379 e. The number of nitrogens with zero attached hydrogens (tertiary/aromatic N) is 1. The van der Waals surface area contributed by atoms with E-state index in [4.69, 9.17) is 8.92 Å². The van der Waals surface area contributed by atoms with Crippen molar-refractivity contribution in [1.29, 1.82) is 0 Å². The average Bonchev–Trinajstić information content (AvgIpc) is 2.80. The van der Waals surface area contributed by atoms with E-state index >= 15 is 0 Å². The van der Waals surface area contributed by atoms with Crippen LogP contribution < -0.4 is 4.18 Å². The van der Waals surface area contributed by atoms with Crippen molar-refractivity contribution in [2.24, 2.45) is 0 Å². The monoisotopic (exact) mass is 437 g/mol. The van der Waals surface area contributed by atoms with E-state index in [0.29, 0.717) is 13.1 Å². The first kappa shape index (κ1) is 21.1. The van der Waals surface area contributed by atoms with Crippen LogP contribution in [0.2, 0.25) is 0 Å². The fourth-order valence-electron chi connectivity index (χ4n) is 3.44. The number of benzene rings is 3. The Morgan fingerprint density at radius 3 is 2.23 bits per heavy atom. The lowest BCUT2D eigenvalue weighted by Crippen LogP contribution is -2.44. The Kier molecular flexibility index (Phi) is 6.34. The van der Waals surface area contributed by atoms with Crippen molar-refractivity contribution in [2.45, 2.75) is 17.4 Å². The summed E-state index contributed by atoms with van der Waals surface area (Å²) < 4.78 is 35.7. The summed E-state index contributed by atoms with van der Waals surface area (Å²) in [5, 5.41) is 0. The molecule has 160 valence electrons. The molecule has 6 nitrogen and oxygen atoms in total. The summed E-state index contributed by atoms with van der Waals surface area (Å²) in [4.78, 5) is 14.2. The Hall–Kier alpha value is -3.16. The van der Waals surface area contributed by atoms with Gasteiger partial charge >= 0.3 is 10.1 Å². The maximum atomic E-state index is 12.4. The molecule has 7 heteroatoms. The van der Waals surface area contributed by atoms with E-state index < -0.39 is 10.1 Å². The zero-order valence-corrected chi connectivity index (χ0v) is 17.7. The summed E-state index contributed by atoms with van der Waals surface area (Å²) in [6.07, 6.45) is 0.511. The number of hydrogen-bond acceptors (Lipinski definition) is 5. The third-order valence-electron chi connectivity index (χ3n) is 5.15. The van der Waals surface area contributed by atoms with Crippen molar-refractivity contribution in [2.75, 3.05) is 19.7 Å². The Morgan fingerprint density at radius 2 is 1.55 bits per heavy atom. The van der Waals surface area contributed by atoms with Crippen LogP contribution in [0.1, 0.15) is 17.2 Å². The van der Waals surface area contributed by atoms with Crippen LogP contribution in [0.5, 0.6) is 5.75 Å². The van der Waals surface area contributed by atoms with Gasteiger partial charge in [0.1, 0.15) is 23.4 Å². The molecule has 1 fully saturated rings. The lowest BCUT2D eigenvalue weighted by molar-refractivity contribution is -0.149. The second-order valence-electron chi connectivity index (χ2n) is 7.29. The normalized spacial score (nSPS) is 16.8. The molecule has 31 heavy (non-hydrogen) atoms. The first-order chi connectivity index (χ1) is 15.0. The maximum absolute atomic E-state index is 12.4. The molecule has 0 bridgehead atoms. The van der Waals surface area contributed by atoms with Gasteiger partial charge in [0.15, 0.2) is 0 Å². The lowest BCUT2D eigenvalue weighted by Gasteiger charge is -2.33. The topological polar surface area (TPSA) is 72.9 Å². The van der Waals surface area contributed by atoms with Gasteiger partial charge in [0.2, 0.25) is 5.91 Å². The second kappa shape index (κ2) is 9.32. The van der Waals surface area contributed by atoms with Crippen molar-refractivity contribution in [1.82, 2.24) is 4.90 Å². The zero-order valence-electron chi connectivity index (χ0n) is 16.9. The van der Waals surface area contributed by atoms with Crippen molar-refractivity contribution >= 4 is 16.0 Å². The van der Waals surface area contributed by atoms with Gasteiger partial charge < -0.3 is 13.8 Å². The van der Waals surface area contributed by atoms with Gasteiger partial charge in [0, 0.05) is 6.54 Å². The Morgan fingerprint density at radius 1 is 0.903 bits per heavy atom. The smallest absolute Gasteiger partial charge is 0.339 e. The molecule has 0 spiro atoms. The molecule has 1 aliphatic rings. The number of ether oxygens (including phenoxy) is 1. The molecule has 4 rings (SSSR count). The quantitative estimate of drug-likeness (QED) is 0.528. The SMILES string of the molecule is O=C1COC(c2ccc(OS(=O)(=O)c3ccccc3)cc2)CN1CCc1ccccc1. The van der Waals surface area contributed by atoms with E-state index in [9.17, 15) is 13.2 Å². The third-order valence-corrected chi connectivity index (χ3v) is 6.41. The molecule has 1 heterocycles. The fraction of sp³-hybridized carbons (Fsp3) is 0.208. The standard InChI is InChI=1S/C24H23NO5S/c26-24-18-29-23(17-25(24)16-15-19-7-3-1-4-8-19)20-11-13-21(14-12-20)30-31(27,28)22-9-5-2-6-10-22/h1-14,23H,15-18H2. The largest absolute Gasteiger partial charge is 0.379 e. The molecule has 3 aromatic rings. The first-order valence-electron chi connectivity index (χ1n) is 10.0. The molecule has 1 aliphatic heterocycles. The molecule has 0 aromatic heterocycles. The van der Waals surface area contributed by atoms with E-state index in [2.05, 4.69) is 0 Å². The Labute approximate surface area is 182 Å². The summed E-state index contributed by atoms with van der Waals surface area (Å²) in [6.45, 7) is 1.10. The highest BCUT2D eigenvalue weighted by molar-refractivity contribution is 7.87. The van der Waals surface area contributed by atoms with Crippen LogP contribution in [0.25, 0.3) is 0 Å². The van der Waals surface area contributed by atoms with Crippen LogP contribution in [0, 0.1) is 0 Å². The van der Waals surface area contributed by atoms with Crippen molar-refractivity contribution < 1.29 is 22.1 Å². The van der Waals surface area contributed by atoms with Gasteiger partial charge in [0.25, 0.3) is 0 Å². The van der Waals surface area contributed by atoms with E-state index in [1.807, 2.05) is 35.2 Å². The van der Waals surface area contributed by atoms with Gasteiger partial charge in [-0.25, -0.2) is 0 Å². The number of carbonyl (C=O) groups excluding carboxylic acids is 1. The van der Waals surface area contributed by atoms with Crippen molar-refractivity contribution in [3.8, 4) is 5.75 Å².